The van der Waals surface area contributed by atoms with Gasteiger partial charge in [0.1, 0.15) is 5.75 Å². The Morgan fingerprint density at radius 3 is 2.68 bits per heavy atom. The van der Waals surface area contributed by atoms with Crippen molar-refractivity contribution in [1.29, 1.82) is 0 Å². The van der Waals surface area contributed by atoms with Gasteiger partial charge in [0, 0.05) is 18.9 Å². The molecular weight excluding hydrogens is 246 g/mol. The summed E-state index contributed by atoms with van der Waals surface area (Å²) in [4.78, 5) is 0. The molecule has 0 amide bonds. The first-order valence-corrected chi connectivity index (χ1v) is 6.36. The van der Waals surface area contributed by atoms with Gasteiger partial charge in [0.15, 0.2) is 6.29 Å². The van der Waals surface area contributed by atoms with Crippen LogP contribution in [0, 0.1) is 0 Å². The molecule has 0 saturated carbocycles. The van der Waals surface area contributed by atoms with Crippen molar-refractivity contribution in [2.45, 2.75) is 25.6 Å². The molecule has 0 radical (unpaired) electrons. The third-order valence-corrected chi connectivity index (χ3v) is 3.25. The maximum absolute atomic E-state index is 9.08. The minimum Gasteiger partial charge on any atom is -0.497 e. The van der Waals surface area contributed by atoms with Crippen molar-refractivity contribution in [3.63, 3.8) is 0 Å². The van der Waals surface area contributed by atoms with Crippen LogP contribution in [0.2, 0.25) is 0 Å². The molecule has 1 aliphatic heterocycles. The van der Waals surface area contributed by atoms with Crippen molar-refractivity contribution < 1.29 is 19.4 Å². The van der Waals surface area contributed by atoms with Gasteiger partial charge in [0.25, 0.3) is 0 Å². The van der Waals surface area contributed by atoms with Crippen LogP contribution in [0.25, 0.3) is 0 Å². The smallest absolute Gasteiger partial charge is 0.159 e. The van der Waals surface area contributed by atoms with E-state index < -0.39 is 0 Å². The van der Waals surface area contributed by atoms with Crippen LogP contribution in [0.4, 0.5) is 0 Å². The van der Waals surface area contributed by atoms with E-state index in [4.69, 9.17) is 19.4 Å². The molecule has 0 spiro atoms. The fourth-order valence-electron chi connectivity index (χ4n) is 2.24. The maximum Gasteiger partial charge on any atom is 0.159 e. The van der Waals surface area contributed by atoms with Crippen molar-refractivity contribution in [2.24, 2.45) is 5.16 Å². The van der Waals surface area contributed by atoms with Crippen LogP contribution in [-0.2, 0) is 9.47 Å². The lowest BCUT2D eigenvalue weighted by Gasteiger charge is -2.30. The number of nitrogens with zero attached hydrogens (tertiary/aromatic N) is 1. The van der Waals surface area contributed by atoms with E-state index in [1.165, 1.54) is 0 Å². The van der Waals surface area contributed by atoms with Gasteiger partial charge in [0.05, 0.1) is 19.4 Å². The van der Waals surface area contributed by atoms with E-state index in [-0.39, 0.29) is 18.8 Å². The fourth-order valence-corrected chi connectivity index (χ4v) is 2.24. The Balaban J connectivity index is 2.17. The van der Waals surface area contributed by atoms with E-state index >= 15 is 0 Å². The van der Waals surface area contributed by atoms with E-state index in [1.807, 2.05) is 31.2 Å². The Bertz CT molecular complexity index is 430. The third-order valence-electron chi connectivity index (χ3n) is 3.25. The van der Waals surface area contributed by atoms with Crippen LogP contribution in [0.3, 0.4) is 0 Å². The Hall–Kier alpha value is -1.59. The second-order valence-corrected chi connectivity index (χ2v) is 4.35. The molecular formula is C14H19NO4. The normalized spacial score (nSPS) is 25.5. The molecule has 0 bridgehead atoms. The number of rotatable bonds is 4. The topological polar surface area (TPSA) is 60.3 Å². The predicted octanol–water partition coefficient (Wildman–Crippen LogP) is 2.39. The molecule has 1 aliphatic rings. The number of hydrogen-bond acceptors (Lipinski definition) is 5. The number of oxime groups is 1. The molecule has 1 heterocycles. The minimum absolute atomic E-state index is 0.0150. The maximum atomic E-state index is 9.08. The Morgan fingerprint density at radius 1 is 1.37 bits per heavy atom. The second-order valence-electron chi connectivity index (χ2n) is 4.35. The van der Waals surface area contributed by atoms with Crippen molar-refractivity contribution in [3.05, 3.63) is 29.8 Å². The van der Waals surface area contributed by atoms with Gasteiger partial charge >= 0.3 is 0 Å². The first kappa shape index (κ1) is 13.8. The van der Waals surface area contributed by atoms with E-state index in [0.717, 1.165) is 11.3 Å². The molecule has 5 heteroatoms. The van der Waals surface area contributed by atoms with E-state index in [0.29, 0.717) is 18.7 Å². The molecule has 5 nitrogen and oxygen atoms in total. The van der Waals surface area contributed by atoms with E-state index in [9.17, 15) is 0 Å². The van der Waals surface area contributed by atoms with Gasteiger partial charge in [-0.15, -0.1) is 0 Å². The highest BCUT2D eigenvalue weighted by Gasteiger charge is 2.30. The van der Waals surface area contributed by atoms with Gasteiger partial charge in [-0.25, -0.2) is 0 Å². The zero-order chi connectivity index (χ0) is 13.7. The molecule has 2 atom stereocenters. The molecule has 104 valence electrons. The van der Waals surface area contributed by atoms with E-state index in [1.54, 1.807) is 7.11 Å². The summed E-state index contributed by atoms with van der Waals surface area (Å²) < 4.78 is 16.1. The summed E-state index contributed by atoms with van der Waals surface area (Å²) in [7, 11) is 1.63. The molecule has 0 unspecified atom stereocenters. The van der Waals surface area contributed by atoms with Crippen LogP contribution < -0.4 is 4.74 Å². The quantitative estimate of drug-likeness (QED) is 0.670. The van der Waals surface area contributed by atoms with Gasteiger partial charge in [-0.05, 0) is 24.6 Å². The highest BCUT2D eigenvalue weighted by atomic mass is 16.7. The molecule has 1 fully saturated rings. The average Bonchev–Trinajstić information content (AvgIpc) is 2.47. The summed E-state index contributed by atoms with van der Waals surface area (Å²) in [5, 5.41) is 12.4. The summed E-state index contributed by atoms with van der Waals surface area (Å²) in [6.45, 7) is 2.82. The predicted molar refractivity (Wildman–Crippen MR) is 70.9 cm³/mol. The van der Waals surface area contributed by atoms with Crippen molar-refractivity contribution in [1.82, 2.24) is 0 Å². The molecule has 0 aromatic heterocycles. The van der Waals surface area contributed by atoms with Crippen LogP contribution >= 0.6 is 0 Å². The SMILES string of the molecule is CCO[C@@H]1C[C@@H](c2ccc(OC)cc2)/C(=N\O)CO1. The molecule has 1 aromatic rings. The first-order valence-electron chi connectivity index (χ1n) is 6.36. The number of methoxy groups -OCH3 is 1. The minimum atomic E-state index is -0.248. The van der Waals surface area contributed by atoms with Crippen molar-refractivity contribution >= 4 is 5.71 Å². The Labute approximate surface area is 112 Å². The van der Waals surface area contributed by atoms with Crippen LogP contribution in [0.1, 0.15) is 24.8 Å². The lowest BCUT2D eigenvalue weighted by Crippen LogP contribution is -2.34. The lowest BCUT2D eigenvalue weighted by molar-refractivity contribution is -0.141. The Kier molecular flexibility index (Phi) is 4.76. The molecule has 19 heavy (non-hydrogen) atoms. The zero-order valence-corrected chi connectivity index (χ0v) is 11.2. The van der Waals surface area contributed by atoms with Gasteiger partial charge < -0.3 is 19.4 Å². The van der Waals surface area contributed by atoms with Crippen molar-refractivity contribution in [3.8, 4) is 5.75 Å². The summed E-state index contributed by atoms with van der Waals surface area (Å²) in [6.07, 6.45) is 0.405. The summed E-state index contributed by atoms with van der Waals surface area (Å²) >= 11 is 0. The summed E-state index contributed by atoms with van der Waals surface area (Å²) in [6, 6.07) is 7.75. The average molecular weight is 265 g/mol. The molecule has 1 N–H and O–H groups in total. The molecule has 1 aromatic carbocycles. The highest BCUT2D eigenvalue weighted by molar-refractivity contribution is 5.92. The monoisotopic (exact) mass is 265 g/mol. The second kappa shape index (κ2) is 6.54. The zero-order valence-electron chi connectivity index (χ0n) is 11.2. The lowest BCUT2D eigenvalue weighted by atomic mass is 9.89. The highest BCUT2D eigenvalue weighted by Crippen LogP contribution is 2.30. The number of hydrogen-bond donors (Lipinski definition) is 1. The standard InChI is InChI=1S/C14H19NO4/c1-3-18-14-8-12(13(15-16)9-19-14)10-4-6-11(17-2)7-5-10/h4-7,12,14,16H,3,8-9H2,1-2H3/b15-13-/t12-,14-/m0/s1. The van der Waals surface area contributed by atoms with Gasteiger partial charge in [-0.1, -0.05) is 17.3 Å². The van der Waals surface area contributed by atoms with Crippen LogP contribution in [0.5, 0.6) is 5.75 Å². The largest absolute Gasteiger partial charge is 0.497 e. The van der Waals surface area contributed by atoms with Crippen molar-refractivity contribution in [2.75, 3.05) is 20.3 Å². The first-order chi connectivity index (χ1) is 9.28. The van der Waals surface area contributed by atoms with Crippen LogP contribution in [-0.4, -0.2) is 37.5 Å². The van der Waals surface area contributed by atoms with Crippen LogP contribution in [0.15, 0.2) is 29.4 Å². The van der Waals surface area contributed by atoms with Gasteiger partial charge in [-0.2, -0.15) is 0 Å². The van der Waals surface area contributed by atoms with E-state index in [2.05, 4.69) is 5.16 Å². The van der Waals surface area contributed by atoms with Gasteiger partial charge in [-0.3, -0.25) is 0 Å². The number of benzene rings is 1. The Morgan fingerprint density at radius 2 is 2.11 bits per heavy atom. The third kappa shape index (κ3) is 3.24. The van der Waals surface area contributed by atoms with Gasteiger partial charge in [0.2, 0.25) is 0 Å². The summed E-state index contributed by atoms with van der Waals surface area (Å²) in [5.74, 6) is 0.820. The molecule has 2 rings (SSSR count). The molecule has 1 saturated heterocycles. The number of ether oxygens (including phenoxy) is 3. The summed E-state index contributed by atoms with van der Waals surface area (Å²) in [5.41, 5.74) is 1.70. The fraction of sp³-hybridized carbons (Fsp3) is 0.500. The molecule has 0 aliphatic carbocycles.